The zero-order valence-electron chi connectivity index (χ0n) is 9.48. The lowest BCUT2D eigenvalue weighted by Crippen LogP contribution is -2.45. The topological polar surface area (TPSA) is 72.9 Å². The van der Waals surface area contributed by atoms with Crippen molar-refractivity contribution in [2.75, 3.05) is 0 Å². The fraction of sp³-hybridized carbons (Fsp3) is 0.600. The molecule has 0 bridgehead atoms. The summed E-state index contributed by atoms with van der Waals surface area (Å²) in [6, 6.07) is -0.110. The maximum absolute atomic E-state index is 11.2. The molecule has 16 heavy (non-hydrogen) atoms. The molecule has 0 aliphatic rings. The average molecular weight is 245 g/mol. The van der Waals surface area contributed by atoms with Crippen molar-refractivity contribution in [3.8, 4) is 0 Å². The number of rotatable bonds is 6. The second kappa shape index (κ2) is 5.86. The maximum atomic E-state index is 11.2. The van der Waals surface area contributed by atoms with Crippen LogP contribution in [0.2, 0.25) is 5.02 Å². The number of hydrogen-bond acceptors (Lipinski definition) is 3. The van der Waals surface area contributed by atoms with Crippen LogP contribution in [0.25, 0.3) is 0 Å². The Morgan fingerprint density at radius 1 is 1.69 bits per heavy atom. The van der Waals surface area contributed by atoms with E-state index in [0.29, 0.717) is 18.0 Å². The molecule has 5 nitrogen and oxygen atoms in total. The average Bonchev–Trinajstić information content (AvgIpc) is 2.58. The van der Waals surface area contributed by atoms with E-state index < -0.39 is 0 Å². The van der Waals surface area contributed by atoms with Crippen LogP contribution in [0, 0.1) is 0 Å². The molecule has 1 amide bonds. The molecule has 0 radical (unpaired) electrons. The summed E-state index contributed by atoms with van der Waals surface area (Å²) >= 11 is 5.73. The minimum Gasteiger partial charge on any atom is -0.368 e. The highest BCUT2D eigenvalue weighted by molar-refractivity contribution is 6.30. The van der Waals surface area contributed by atoms with E-state index in [1.54, 1.807) is 17.1 Å². The van der Waals surface area contributed by atoms with Gasteiger partial charge in [-0.15, -0.1) is 0 Å². The number of nitrogens with one attached hydrogen (secondary N) is 1. The van der Waals surface area contributed by atoms with Crippen molar-refractivity contribution >= 4 is 17.5 Å². The summed E-state index contributed by atoms with van der Waals surface area (Å²) in [5, 5.41) is 7.73. The van der Waals surface area contributed by atoms with Gasteiger partial charge in [-0.25, -0.2) is 0 Å². The number of primary amides is 1. The summed E-state index contributed by atoms with van der Waals surface area (Å²) in [6.07, 6.45) is 3.89. The summed E-state index contributed by atoms with van der Waals surface area (Å²) in [5.74, 6) is -0.341. The van der Waals surface area contributed by atoms with Gasteiger partial charge in [0.1, 0.15) is 0 Å². The third-order valence-electron chi connectivity index (χ3n) is 2.13. The zero-order valence-corrected chi connectivity index (χ0v) is 10.2. The number of carbonyl (C=O) groups is 1. The van der Waals surface area contributed by atoms with Gasteiger partial charge in [0.15, 0.2) is 0 Å². The van der Waals surface area contributed by atoms with Crippen molar-refractivity contribution in [1.29, 1.82) is 0 Å². The van der Waals surface area contributed by atoms with Gasteiger partial charge in [0.2, 0.25) is 5.91 Å². The predicted octanol–water partition coefficient (Wildman–Crippen LogP) is 0.778. The molecule has 0 aliphatic carbocycles. The second-order valence-corrected chi connectivity index (χ2v) is 4.42. The molecule has 0 saturated heterocycles. The number of aromatic nitrogens is 2. The fourth-order valence-corrected chi connectivity index (χ4v) is 1.59. The van der Waals surface area contributed by atoms with Crippen molar-refractivity contribution in [2.45, 2.75) is 38.9 Å². The van der Waals surface area contributed by atoms with Crippen LogP contribution < -0.4 is 11.1 Å². The van der Waals surface area contributed by atoms with Crippen LogP contribution in [0.4, 0.5) is 0 Å². The highest BCUT2D eigenvalue weighted by Crippen LogP contribution is 2.06. The highest BCUT2D eigenvalue weighted by Gasteiger charge is 2.15. The van der Waals surface area contributed by atoms with Crippen LogP contribution in [0.3, 0.4) is 0 Å². The van der Waals surface area contributed by atoms with Crippen molar-refractivity contribution in [1.82, 2.24) is 15.1 Å². The van der Waals surface area contributed by atoms with Crippen LogP contribution in [0.5, 0.6) is 0 Å². The molecule has 1 aromatic rings. The number of nitrogens with two attached hydrogens (primary N) is 1. The first kappa shape index (κ1) is 13.0. The summed E-state index contributed by atoms with van der Waals surface area (Å²) in [4.78, 5) is 11.2. The summed E-state index contributed by atoms with van der Waals surface area (Å²) in [5.41, 5.74) is 5.30. The van der Waals surface area contributed by atoms with Crippen molar-refractivity contribution in [3.63, 3.8) is 0 Å². The Kier molecular flexibility index (Phi) is 4.76. The Morgan fingerprint density at radius 2 is 2.38 bits per heavy atom. The lowest BCUT2D eigenvalue weighted by atomic mass is 10.1. The SMILES string of the molecule is CC(C)NC(CCn1cc(Cl)cn1)C(N)=O. The molecule has 0 aromatic carbocycles. The lowest BCUT2D eigenvalue weighted by Gasteiger charge is -2.17. The van der Waals surface area contributed by atoms with Crippen LogP contribution in [0.1, 0.15) is 20.3 Å². The second-order valence-electron chi connectivity index (χ2n) is 3.99. The van der Waals surface area contributed by atoms with E-state index in [4.69, 9.17) is 17.3 Å². The normalized spacial score (nSPS) is 13.0. The molecule has 3 N–H and O–H groups in total. The summed E-state index contributed by atoms with van der Waals surface area (Å²) in [7, 11) is 0. The molecule has 0 fully saturated rings. The Balaban J connectivity index is 2.46. The third kappa shape index (κ3) is 4.20. The first-order valence-electron chi connectivity index (χ1n) is 5.22. The molecule has 0 saturated carbocycles. The first-order chi connectivity index (χ1) is 7.49. The van der Waals surface area contributed by atoms with Crippen LogP contribution >= 0.6 is 11.6 Å². The largest absolute Gasteiger partial charge is 0.368 e. The standard InChI is InChI=1S/C10H17ClN4O/c1-7(2)14-9(10(12)16)3-4-15-6-8(11)5-13-15/h5-7,9,14H,3-4H2,1-2H3,(H2,12,16). The fourth-order valence-electron chi connectivity index (χ4n) is 1.43. The highest BCUT2D eigenvalue weighted by atomic mass is 35.5. The monoisotopic (exact) mass is 244 g/mol. The van der Waals surface area contributed by atoms with Gasteiger partial charge < -0.3 is 11.1 Å². The molecule has 1 atom stereocenters. The molecule has 1 unspecified atom stereocenters. The van der Waals surface area contributed by atoms with E-state index >= 15 is 0 Å². The third-order valence-corrected chi connectivity index (χ3v) is 2.32. The van der Waals surface area contributed by atoms with Gasteiger partial charge in [0.05, 0.1) is 17.3 Å². The smallest absolute Gasteiger partial charge is 0.234 e. The molecular weight excluding hydrogens is 228 g/mol. The number of hydrogen-bond donors (Lipinski definition) is 2. The Morgan fingerprint density at radius 3 is 2.81 bits per heavy atom. The number of nitrogens with zero attached hydrogens (tertiary/aromatic N) is 2. The van der Waals surface area contributed by atoms with Gasteiger partial charge in [0, 0.05) is 18.8 Å². The van der Waals surface area contributed by atoms with Crippen molar-refractivity contribution < 1.29 is 4.79 Å². The van der Waals surface area contributed by atoms with E-state index in [-0.39, 0.29) is 18.0 Å². The number of aryl methyl sites for hydroxylation is 1. The molecular formula is C10H17ClN4O. The quantitative estimate of drug-likeness (QED) is 0.777. The van der Waals surface area contributed by atoms with Crippen LogP contribution in [-0.4, -0.2) is 27.8 Å². The van der Waals surface area contributed by atoms with Gasteiger partial charge in [-0.05, 0) is 6.42 Å². The summed E-state index contributed by atoms with van der Waals surface area (Å²) in [6.45, 7) is 4.56. The molecule has 90 valence electrons. The minimum absolute atomic E-state index is 0.221. The first-order valence-corrected chi connectivity index (χ1v) is 5.60. The lowest BCUT2D eigenvalue weighted by molar-refractivity contribution is -0.120. The zero-order chi connectivity index (χ0) is 12.1. The number of amides is 1. The molecule has 1 heterocycles. The van der Waals surface area contributed by atoms with Gasteiger partial charge >= 0.3 is 0 Å². The summed E-state index contributed by atoms with van der Waals surface area (Å²) < 4.78 is 1.69. The van der Waals surface area contributed by atoms with E-state index in [0.717, 1.165) is 0 Å². The van der Waals surface area contributed by atoms with E-state index in [2.05, 4.69) is 10.4 Å². The molecule has 0 aliphatic heterocycles. The Labute approximate surface area is 99.9 Å². The molecule has 6 heteroatoms. The van der Waals surface area contributed by atoms with Gasteiger partial charge in [-0.1, -0.05) is 25.4 Å². The number of halogens is 1. The van der Waals surface area contributed by atoms with E-state index in [1.807, 2.05) is 13.8 Å². The molecule has 1 rings (SSSR count). The maximum Gasteiger partial charge on any atom is 0.234 e. The van der Waals surface area contributed by atoms with Gasteiger partial charge in [-0.2, -0.15) is 5.10 Å². The van der Waals surface area contributed by atoms with Crippen molar-refractivity contribution in [3.05, 3.63) is 17.4 Å². The minimum atomic E-state index is -0.341. The Bertz CT molecular complexity index is 350. The van der Waals surface area contributed by atoms with Gasteiger partial charge in [-0.3, -0.25) is 9.48 Å². The molecule has 0 spiro atoms. The van der Waals surface area contributed by atoms with E-state index in [9.17, 15) is 4.79 Å². The van der Waals surface area contributed by atoms with E-state index in [1.165, 1.54) is 0 Å². The van der Waals surface area contributed by atoms with Crippen molar-refractivity contribution in [2.24, 2.45) is 5.73 Å². The van der Waals surface area contributed by atoms with Gasteiger partial charge in [0.25, 0.3) is 0 Å². The number of carbonyl (C=O) groups excluding carboxylic acids is 1. The predicted molar refractivity (Wildman–Crippen MR) is 63.1 cm³/mol. The van der Waals surface area contributed by atoms with Crippen LogP contribution in [-0.2, 0) is 11.3 Å². The molecule has 1 aromatic heterocycles. The Hall–Kier alpha value is -1.07. The van der Waals surface area contributed by atoms with Crippen LogP contribution in [0.15, 0.2) is 12.4 Å².